The fourth-order valence-corrected chi connectivity index (χ4v) is 2.40. The van der Waals surface area contributed by atoms with Crippen molar-refractivity contribution in [2.45, 2.75) is 19.9 Å². The highest BCUT2D eigenvalue weighted by molar-refractivity contribution is 5.88. The Bertz CT molecular complexity index is 833. The Morgan fingerprint density at radius 3 is 2.73 bits per heavy atom. The van der Waals surface area contributed by atoms with Crippen molar-refractivity contribution in [2.24, 2.45) is 0 Å². The molecule has 0 unspecified atom stereocenters. The van der Waals surface area contributed by atoms with E-state index in [0.717, 1.165) is 5.56 Å². The Kier molecular flexibility index (Phi) is 3.71. The predicted octanol–water partition coefficient (Wildman–Crippen LogP) is 4.39. The lowest BCUT2D eigenvalue weighted by Crippen LogP contribution is -2.10. The van der Waals surface area contributed by atoms with Crippen LogP contribution in [-0.4, -0.2) is 9.97 Å². The summed E-state index contributed by atoms with van der Waals surface area (Å²) in [7, 11) is 0. The van der Waals surface area contributed by atoms with E-state index >= 15 is 0 Å². The molecule has 2 heterocycles. The molecule has 0 aliphatic carbocycles. The molecular formula is C17H15F2N3. The number of rotatable bonds is 3. The maximum absolute atomic E-state index is 14.4. The van der Waals surface area contributed by atoms with Crippen molar-refractivity contribution < 1.29 is 8.78 Å². The maximum Gasteiger partial charge on any atom is 0.169 e. The van der Waals surface area contributed by atoms with Crippen LogP contribution in [0.1, 0.15) is 24.2 Å². The van der Waals surface area contributed by atoms with E-state index in [-0.39, 0.29) is 11.9 Å². The van der Waals surface area contributed by atoms with Gasteiger partial charge in [0.05, 0.1) is 11.2 Å². The number of nitrogens with zero attached hydrogens (tertiary/aromatic N) is 2. The van der Waals surface area contributed by atoms with E-state index < -0.39 is 5.82 Å². The molecule has 0 bridgehead atoms. The largest absolute Gasteiger partial charge is 0.374 e. The molecule has 3 nitrogen and oxygen atoms in total. The number of pyridine rings is 2. The number of hydrogen-bond donors (Lipinski definition) is 1. The number of fused-ring (bicyclic) bond motifs is 1. The van der Waals surface area contributed by atoms with E-state index in [9.17, 15) is 8.78 Å². The highest BCUT2D eigenvalue weighted by atomic mass is 19.1. The summed E-state index contributed by atoms with van der Waals surface area (Å²) < 4.78 is 27.8. The van der Waals surface area contributed by atoms with Crippen LogP contribution < -0.4 is 5.32 Å². The Balaban J connectivity index is 2.05. The maximum atomic E-state index is 14.4. The third kappa shape index (κ3) is 2.62. The molecule has 0 radical (unpaired) electrons. The lowest BCUT2D eigenvalue weighted by molar-refractivity contribution is 0.611. The topological polar surface area (TPSA) is 37.8 Å². The number of nitrogens with one attached hydrogen (secondary N) is 1. The highest BCUT2D eigenvalue weighted by Gasteiger charge is 2.16. The molecule has 1 N–H and O–H groups in total. The zero-order valence-corrected chi connectivity index (χ0v) is 12.3. The van der Waals surface area contributed by atoms with Crippen LogP contribution in [0.4, 0.5) is 14.5 Å². The summed E-state index contributed by atoms with van der Waals surface area (Å²) in [5.74, 6) is -0.755. The molecule has 0 amide bonds. The summed E-state index contributed by atoms with van der Waals surface area (Å²) in [4.78, 5) is 8.40. The molecule has 0 saturated heterocycles. The minimum atomic E-state index is -0.436. The molecular weight excluding hydrogens is 284 g/mol. The normalized spacial score (nSPS) is 12.4. The van der Waals surface area contributed by atoms with Crippen LogP contribution in [0.25, 0.3) is 11.0 Å². The first-order chi connectivity index (χ1) is 10.6. The van der Waals surface area contributed by atoms with Crippen LogP contribution >= 0.6 is 0 Å². The molecule has 2 aromatic heterocycles. The van der Waals surface area contributed by atoms with Crippen LogP contribution in [0.5, 0.6) is 0 Å². The van der Waals surface area contributed by atoms with Gasteiger partial charge < -0.3 is 5.32 Å². The van der Waals surface area contributed by atoms with Gasteiger partial charge in [0.2, 0.25) is 0 Å². The summed E-state index contributed by atoms with van der Waals surface area (Å²) in [5, 5.41) is 3.09. The van der Waals surface area contributed by atoms with Crippen molar-refractivity contribution in [1.29, 1.82) is 0 Å². The summed E-state index contributed by atoms with van der Waals surface area (Å²) in [5.41, 5.74) is 2.41. The van der Waals surface area contributed by atoms with Gasteiger partial charge in [-0.3, -0.25) is 4.98 Å². The number of hydrogen-bond acceptors (Lipinski definition) is 3. The van der Waals surface area contributed by atoms with E-state index in [0.29, 0.717) is 22.4 Å². The van der Waals surface area contributed by atoms with Crippen LogP contribution in [0.15, 0.2) is 42.6 Å². The van der Waals surface area contributed by atoms with Crippen molar-refractivity contribution in [3.8, 4) is 0 Å². The third-order valence-electron chi connectivity index (χ3n) is 3.56. The average Bonchev–Trinajstić information content (AvgIpc) is 2.51. The van der Waals surface area contributed by atoms with Gasteiger partial charge in [-0.2, -0.15) is 0 Å². The predicted molar refractivity (Wildman–Crippen MR) is 82.7 cm³/mol. The van der Waals surface area contributed by atoms with Crippen LogP contribution in [0, 0.1) is 18.6 Å². The third-order valence-corrected chi connectivity index (χ3v) is 3.56. The molecule has 1 atom stereocenters. The van der Waals surface area contributed by atoms with Crippen LogP contribution in [0.2, 0.25) is 0 Å². The van der Waals surface area contributed by atoms with E-state index in [4.69, 9.17) is 0 Å². The second kappa shape index (κ2) is 5.67. The first-order valence-corrected chi connectivity index (χ1v) is 6.99. The Hall–Kier alpha value is -2.56. The zero-order chi connectivity index (χ0) is 15.7. The molecule has 3 aromatic rings. The first kappa shape index (κ1) is 14.4. The van der Waals surface area contributed by atoms with Gasteiger partial charge >= 0.3 is 0 Å². The number of halogens is 2. The molecule has 1 aromatic carbocycles. The van der Waals surface area contributed by atoms with Crippen LogP contribution in [-0.2, 0) is 0 Å². The molecule has 3 rings (SSSR count). The first-order valence-electron chi connectivity index (χ1n) is 6.99. The molecule has 112 valence electrons. The average molecular weight is 299 g/mol. The quantitative estimate of drug-likeness (QED) is 0.779. The second-order valence-electron chi connectivity index (χ2n) is 5.18. The van der Waals surface area contributed by atoms with Gasteiger partial charge in [0.1, 0.15) is 17.0 Å². The van der Waals surface area contributed by atoms with Gasteiger partial charge in [-0.25, -0.2) is 13.8 Å². The van der Waals surface area contributed by atoms with Crippen molar-refractivity contribution in [1.82, 2.24) is 9.97 Å². The zero-order valence-electron chi connectivity index (χ0n) is 12.3. The van der Waals surface area contributed by atoms with Crippen molar-refractivity contribution in [2.75, 3.05) is 5.32 Å². The molecule has 5 heteroatoms. The fourth-order valence-electron chi connectivity index (χ4n) is 2.40. The SMILES string of the molecule is Cc1nc2cccnc2c(N[C@H](C)c2cccc(F)c2)c1F. The number of aromatic nitrogens is 2. The van der Waals surface area contributed by atoms with Gasteiger partial charge in [-0.1, -0.05) is 12.1 Å². The van der Waals surface area contributed by atoms with Gasteiger partial charge in [-0.05, 0) is 43.7 Å². The lowest BCUT2D eigenvalue weighted by atomic mass is 10.1. The molecule has 0 aliphatic rings. The van der Waals surface area contributed by atoms with Crippen molar-refractivity contribution in [3.63, 3.8) is 0 Å². The number of anilines is 1. The molecule has 0 aliphatic heterocycles. The van der Waals surface area contributed by atoms with E-state index in [1.165, 1.54) is 12.1 Å². The van der Waals surface area contributed by atoms with Gasteiger partial charge in [0.15, 0.2) is 5.82 Å². The molecule has 0 spiro atoms. The smallest absolute Gasteiger partial charge is 0.169 e. The molecule has 22 heavy (non-hydrogen) atoms. The van der Waals surface area contributed by atoms with Gasteiger partial charge in [0.25, 0.3) is 0 Å². The van der Waals surface area contributed by atoms with Crippen molar-refractivity contribution in [3.05, 3.63) is 65.5 Å². The summed E-state index contributed by atoms with van der Waals surface area (Å²) in [6.07, 6.45) is 1.59. The highest BCUT2D eigenvalue weighted by Crippen LogP contribution is 2.29. The standard InChI is InChI=1S/C17H15F2N3/c1-10(12-5-3-6-13(18)9-12)22-17-15(19)11(2)21-14-7-4-8-20-16(14)17/h3-10H,1-2H3,(H,21,22)/t10-/m1/s1. The molecule has 0 saturated carbocycles. The monoisotopic (exact) mass is 299 g/mol. The van der Waals surface area contributed by atoms with E-state index in [2.05, 4.69) is 15.3 Å². The fraction of sp³-hybridized carbons (Fsp3) is 0.176. The minimum absolute atomic E-state index is 0.266. The summed E-state index contributed by atoms with van der Waals surface area (Å²) >= 11 is 0. The summed E-state index contributed by atoms with van der Waals surface area (Å²) in [6.45, 7) is 3.46. The van der Waals surface area contributed by atoms with Gasteiger partial charge in [0, 0.05) is 12.2 Å². The Morgan fingerprint density at radius 2 is 1.95 bits per heavy atom. The molecule has 0 fully saturated rings. The minimum Gasteiger partial charge on any atom is -0.374 e. The van der Waals surface area contributed by atoms with Crippen molar-refractivity contribution >= 4 is 16.7 Å². The van der Waals surface area contributed by atoms with E-state index in [1.54, 1.807) is 37.4 Å². The Labute approximate surface area is 127 Å². The second-order valence-corrected chi connectivity index (χ2v) is 5.18. The lowest BCUT2D eigenvalue weighted by Gasteiger charge is -2.18. The number of benzene rings is 1. The number of aryl methyl sites for hydroxylation is 1. The Morgan fingerprint density at radius 1 is 1.14 bits per heavy atom. The van der Waals surface area contributed by atoms with E-state index in [1.807, 2.05) is 6.92 Å². The van der Waals surface area contributed by atoms with Gasteiger partial charge in [-0.15, -0.1) is 0 Å². The van der Waals surface area contributed by atoms with Crippen LogP contribution in [0.3, 0.4) is 0 Å². The summed E-state index contributed by atoms with van der Waals surface area (Å²) in [6, 6.07) is 9.51.